The second kappa shape index (κ2) is 9.63. The molecule has 0 fully saturated rings. The summed E-state index contributed by atoms with van der Waals surface area (Å²) in [7, 11) is -2.47. The van der Waals surface area contributed by atoms with Gasteiger partial charge < -0.3 is 10.6 Å². The van der Waals surface area contributed by atoms with Gasteiger partial charge in [-0.1, -0.05) is 46.3 Å². The highest BCUT2D eigenvalue weighted by molar-refractivity contribution is 9.10. The van der Waals surface area contributed by atoms with Crippen molar-refractivity contribution < 1.29 is 18.0 Å². The minimum Gasteiger partial charge on any atom is -0.350 e. The number of nitrogens with zero attached hydrogens (tertiary/aromatic N) is 1. The summed E-state index contributed by atoms with van der Waals surface area (Å²) < 4.78 is 26.5. The molecule has 0 aromatic heterocycles. The number of rotatable bonds is 8. The van der Waals surface area contributed by atoms with Gasteiger partial charge in [-0.25, -0.2) is 8.42 Å². The van der Waals surface area contributed by atoms with Crippen molar-refractivity contribution in [1.82, 2.24) is 14.9 Å². The molecule has 0 aliphatic heterocycles. The van der Waals surface area contributed by atoms with Gasteiger partial charge in [-0.05, 0) is 29.8 Å². The summed E-state index contributed by atoms with van der Waals surface area (Å²) in [5, 5.41) is 5.10. The third-order valence-electron chi connectivity index (χ3n) is 3.67. The van der Waals surface area contributed by atoms with Crippen molar-refractivity contribution in [3.63, 3.8) is 0 Å². The molecule has 0 saturated heterocycles. The van der Waals surface area contributed by atoms with E-state index in [9.17, 15) is 18.0 Å². The molecule has 9 heteroatoms. The summed E-state index contributed by atoms with van der Waals surface area (Å²) in [4.78, 5) is 23.8. The van der Waals surface area contributed by atoms with Gasteiger partial charge in [0, 0.05) is 18.1 Å². The molecular formula is C18H20BrN3O4S. The molecule has 0 saturated carbocycles. The first-order valence-electron chi connectivity index (χ1n) is 8.08. The zero-order valence-electron chi connectivity index (χ0n) is 14.7. The molecule has 144 valence electrons. The molecule has 27 heavy (non-hydrogen) atoms. The van der Waals surface area contributed by atoms with Gasteiger partial charge >= 0.3 is 0 Å². The second-order valence-electron chi connectivity index (χ2n) is 5.75. The van der Waals surface area contributed by atoms with Crippen LogP contribution in [0.4, 0.5) is 0 Å². The van der Waals surface area contributed by atoms with Gasteiger partial charge in [0.2, 0.25) is 21.8 Å². The van der Waals surface area contributed by atoms with Gasteiger partial charge in [0.25, 0.3) is 0 Å². The standard InChI is InChI=1S/C18H20BrN3O4S/c1-22(27(25,26)16-9-7-15(19)8-10-16)13-18(24)21-12-17(23)20-11-14-5-3-2-4-6-14/h2-10H,11-13H2,1H3,(H,20,23)(H,21,24). The van der Waals surface area contributed by atoms with Gasteiger partial charge in [-0.2, -0.15) is 4.31 Å². The van der Waals surface area contributed by atoms with Crippen molar-refractivity contribution in [3.8, 4) is 0 Å². The molecule has 0 radical (unpaired) electrons. The maximum Gasteiger partial charge on any atom is 0.243 e. The van der Waals surface area contributed by atoms with E-state index >= 15 is 0 Å². The Hall–Kier alpha value is -2.23. The van der Waals surface area contributed by atoms with Crippen molar-refractivity contribution in [2.24, 2.45) is 0 Å². The number of carbonyl (C=O) groups excluding carboxylic acids is 2. The van der Waals surface area contributed by atoms with Crippen LogP contribution in [0, 0.1) is 0 Å². The fraction of sp³-hybridized carbons (Fsp3) is 0.222. The van der Waals surface area contributed by atoms with Gasteiger partial charge in [-0.3, -0.25) is 9.59 Å². The zero-order chi connectivity index (χ0) is 19.9. The van der Waals surface area contributed by atoms with Crippen molar-refractivity contribution in [1.29, 1.82) is 0 Å². The van der Waals surface area contributed by atoms with E-state index in [-0.39, 0.29) is 23.9 Å². The molecule has 0 spiro atoms. The van der Waals surface area contributed by atoms with E-state index in [4.69, 9.17) is 0 Å². The number of carbonyl (C=O) groups is 2. The summed E-state index contributed by atoms with van der Waals surface area (Å²) in [6, 6.07) is 15.5. The van der Waals surface area contributed by atoms with E-state index in [1.54, 1.807) is 12.1 Å². The zero-order valence-corrected chi connectivity index (χ0v) is 17.1. The molecule has 0 aliphatic rings. The van der Waals surface area contributed by atoms with Crippen LogP contribution in [-0.2, 0) is 26.2 Å². The van der Waals surface area contributed by atoms with Crippen LogP contribution >= 0.6 is 15.9 Å². The fourth-order valence-electron chi connectivity index (χ4n) is 2.17. The fourth-order valence-corrected chi connectivity index (χ4v) is 3.56. The summed E-state index contributed by atoms with van der Waals surface area (Å²) in [6.07, 6.45) is 0. The summed E-state index contributed by atoms with van der Waals surface area (Å²) in [5.74, 6) is -0.918. The van der Waals surface area contributed by atoms with Gasteiger partial charge in [0.1, 0.15) is 0 Å². The minimum atomic E-state index is -3.78. The molecule has 7 nitrogen and oxygen atoms in total. The number of sulfonamides is 1. The van der Waals surface area contributed by atoms with E-state index < -0.39 is 15.9 Å². The van der Waals surface area contributed by atoms with Crippen LogP contribution in [0.5, 0.6) is 0 Å². The first-order valence-corrected chi connectivity index (χ1v) is 10.3. The highest BCUT2D eigenvalue weighted by Gasteiger charge is 2.22. The molecule has 0 bridgehead atoms. The van der Waals surface area contributed by atoms with Crippen molar-refractivity contribution in [2.45, 2.75) is 11.4 Å². The monoisotopic (exact) mass is 453 g/mol. The predicted octanol–water partition coefficient (Wildman–Crippen LogP) is 1.50. The van der Waals surface area contributed by atoms with Crippen molar-refractivity contribution in [2.75, 3.05) is 20.1 Å². The van der Waals surface area contributed by atoms with E-state index in [1.807, 2.05) is 30.3 Å². The Morgan fingerprint density at radius 3 is 2.22 bits per heavy atom. The molecule has 0 heterocycles. The number of hydrogen-bond acceptors (Lipinski definition) is 4. The van der Waals surface area contributed by atoms with E-state index in [1.165, 1.54) is 19.2 Å². The van der Waals surface area contributed by atoms with Crippen molar-refractivity contribution >= 4 is 37.8 Å². The molecule has 0 atom stereocenters. The highest BCUT2D eigenvalue weighted by atomic mass is 79.9. The lowest BCUT2D eigenvalue weighted by molar-refractivity contribution is -0.126. The van der Waals surface area contributed by atoms with Gasteiger partial charge in [0.05, 0.1) is 18.0 Å². The first kappa shape index (κ1) is 21.1. The Kier molecular flexibility index (Phi) is 7.52. The topological polar surface area (TPSA) is 95.6 Å². The number of amides is 2. The maximum atomic E-state index is 12.4. The largest absolute Gasteiger partial charge is 0.350 e. The van der Waals surface area contributed by atoms with Crippen LogP contribution in [0.25, 0.3) is 0 Å². The SMILES string of the molecule is CN(CC(=O)NCC(=O)NCc1ccccc1)S(=O)(=O)c1ccc(Br)cc1. The molecule has 0 aliphatic carbocycles. The third-order valence-corrected chi connectivity index (χ3v) is 6.01. The van der Waals surface area contributed by atoms with Gasteiger partial charge in [-0.15, -0.1) is 0 Å². The molecule has 0 unspecified atom stereocenters. The molecule has 2 aromatic rings. The highest BCUT2D eigenvalue weighted by Crippen LogP contribution is 2.17. The van der Waals surface area contributed by atoms with Crippen LogP contribution in [0.3, 0.4) is 0 Å². The lowest BCUT2D eigenvalue weighted by atomic mass is 10.2. The number of halogens is 1. The summed E-state index contributed by atoms with van der Waals surface area (Å²) in [6.45, 7) is -0.254. The molecule has 2 aromatic carbocycles. The van der Waals surface area contributed by atoms with E-state index in [0.29, 0.717) is 6.54 Å². The minimum absolute atomic E-state index is 0.0848. The van der Waals surface area contributed by atoms with Crippen LogP contribution in [0.2, 0.25) is 0 Å². The molecular weight excluding hydrogens is 434 g/mol. The molecule has 2 amide bonds. The average molecular weight is 454 g/mol. The smallest absolute Gasteiger partial charge is 0.243 e. The van der Waals surface area contributed by atoms with Crippen LogP contribution in [0.1, 0.15) is 5.56 Å². The number of benzene rings is 2. The normalized spacial score (nSPS) is 11.2. The summed E-state index contributed by atoms with van der Waals surface area (Å²) >= 11 is 3.24. The number of likely N-dealkylation sites (N-methyl/N-ethyl adjacent to an activating group) is 1. The Morgan fingerprint density at radius 2 is 1.59 bits per heavy atom. The molecule has 2 rings (SSSR count). The van der Waals surface area contributed by atoms with E-state index in [2.05, 4.69) is 26.6 Å². The van der Waals surface area contributed by atoms with Crippen molar-refractivity contribution in [3.05, 3.63) is 64.6 Å². The number of nitrogens with one attached hydrogen (secondary N) is 2. The van der Waals surface area contributed by atoms with Crippen LogP contribution in [0.15, 0.2) is 64.0 Å². The lowest BCUT2D eigenvalue weighted by Crippen LogP contribution is -2.42. The van der Waals surface area contributed by atoms with Gasteiger partial charge in [0.15, 0.2) is 0 Å². The Labute approximate surface area is 166 Å². The van der Waals surface area contributed by atoms with E-state index in [0.717, 1.165) is 14.3 Å². The quantitative estimate of drug-likeness (QED) is 0.632. The Balaban J connectivity index is 1.80. The maximum absolute atomic E-state index is 12.4. The predicted molar refractivity (Wildman–Crippen MR) is 105 cm³/mol. The Bertz CT molecular complexity index is 887. The Morgan fingerprint density at radius 1 is 0.963 bits per heavy atom. The second-order valence-corrected chi connectivity index (χ2v) is 8.71. The average Bonchev–Trinajstić information content (AvgIpc) is 2.66. The first-order chi connectivity index (χ1) is 12.8. The third kappa shape index (κ3) is 6.46. The van der Waals surface area contributed by atoms with Crippen LogP contribution < -0.4 is 10.6 Å². The van der Waals surface area contributed by atoms with Crippen LogP contribution in [-0.4, -0.2) is 44.7 Å². The summed E-state index contributed by atoms with van der Waals surface area (Å²) in [5.41, 5.74) is 0.942. The molecule has 2 N–H and O–H groups in total. The number of hydrogen-bond donors (Lipinski definition) is 2. The lowest BCUT2D eigenvalue weighted by Gasteiger charge is -2.17.